The van der Waals surface area contributed by atoms with Crippen molar-refractivity contribution < 1.29 is 9.84 Å². The van der Waals surface area contributed by atoms with Crippen LogP contribution in [0.2, 0.25) is 0 Å². The first-order valence-electron chi connectivity index (χ1n) is 6.92. The first-order valence-corrected chi connectivity index (χ1v) is 8.59. The molecule has 0 fully saturated rings. The summed E-state index contributed by atoms with van der Waals surface area (Å²) in [6, 6.07) is 12.4. The Hall–Kier alpha value is -0.720. The summed E-state index contributed by atoms with van der Waals surface area (Å²) in [5, 5.41) is 15.3. The molecule has 2 atom stereocenters. The van der Waals surface area contributed by atoms with Crippen molar-refractivity contribution in [3.05, 3.63) is 56.7 Å². The molecule has 114 valence electrons. The fourth-order valence-electron chi connectivity index (χ4n) is 1.93. The molecule has 0 radical (unpaired) electrons. The Labute approximate surface area is 138 Å². The van der Waals surface area contributed by atoms with E-state index in [0.717, 1.165) is 4.47 Å². The molecule has 2 unspecified atom stereocenters. The Morgan fingerprint density at radius 3 is 2.71 bits per heavy atom. The van der Waals surface area contributed by atoms with Crippen LogP contribution in [0.3, 0.4) is 0 Å². The minimum Gasteiger partial charge on any atom is -0.389 e. The van der Waals surface area contributed by atoms with E-state index in [0.29, 0.717) is 19.8 Å². The summed E-state index contributed by atoms with van der Waals surface area (Å²) >= 11 is 5.09. The van der Waals surface area contributed by atoms with Gasteiger partial charge in [-0.15, -0.1) is 11.3 Å². The predicted molar refractivity (Wildman–Crippen MR) is 90.5 cm³/mol. The third kappa shape index (κ3) is 5.88. The molecule has 5 heteroatoms. The summed E-state index contributed by atoms with van der Waals surface area (Å²) in [7, 11) is 0. The van der Waals surface area contributed by atoms with Crippen LogP contribution in [0.15, 0.2) is 46.3 Å². The van der Waals surface area contributed by atoms with E-state index >= 15 is 0 Å². The van der Waals surface area contributed by atoms with Crippen LogP contribution in [-0.4, -0.2) is 24.4 Å². The van der Waals surface area contributed by atoms with Gasteiger partial charge in [-0.3, -0.25) is 0 Å². The highest BCUT2D eigenvalue weighted by Gasteiger charge is 2.09. The van der Waals surface area contributed by atoms with Gasteiger partial charge in [-0.2, -0.15) is 0 Å². The average molecular weight is 370 g/mol. The highest BCUT2D eigenvalue weighted by molar-refractivity contribution is 9.10. The second-order valence-corrected chi connectivity index (χ2v) is 6.88. The van der Waals surface area contributed by atoms with Crippen molar-refractivity contribution in [3.8, 4) is 0 Å². The predicted octanol–water partition coefficient (Wildman–Crippen LogP) is 3.74. The quantitative estimate of drug-likeness (QED) is 0.744. The van der Waals surface area contributed by atoms with Crippen molar-refractivity contribution in [1.82, 2.24) is 5.32 Å². The van der Waals surface area contributed by atoms with Gasteiger partial charge >= 0.3 is 0 Å². The van der Waals surface area contributed by atoms with Crippen LogP contribution < -0.4 is 5.32 Å². The maximum atomic E-state index is 9.93. The third-order valence-electron chi connectivity index (χ3n) is 3.16. The number of benzene rings is 1. The monoisotopic (exact) mass is 369 g/mol. The molecule has 1 heterocycles. The molecule has 0 bridgehead atoms. The van der Waals surface area contributed by atoms with Gasteiger partial charge in [-0.25, -0.2) is 0 Å². The minimum absolute atomic E-state index is 0.199. The molecule has 0 aliphatic rings. The van der Waals surface area contributed by atoms with Gasteiger partial charge in [-0.05, 0) is 36.1 Å². The smallest absolute Gasteiger partial charge is 0.0898 e. The van der Waals surface area contributed by atoms with Gasteiger partial charge in [0, 0.05) is 21.9 Å². The largest absolute Gasteiger partial charge is 0.389 e. The van der Waals surface area contributed by atoms with E-state index < -0.39 is 6.10 Å². The molecule has 3 nitrogen and oxygen atoms in total. The Balaban J connectivity index is 1.66. The van der Waals surface area contributed by atoms with E-state index in [1.165, 1.54) is 10.4 Å². The molecule has 2 aromatic rings. The Bertz CT molecular complexity index is 516. The molecular weight excluding hydrogens is 350 g/mol. The number of rotatable bonds is 8. The summed E-state index contributed by atoms with van der Waals surface area (Å²) in [4.78, 5) is 1.18. The molecule has 0 aliphatic heterocycles. The maximum absolute atomic E-state index is 9.93. The van der Waals surface area contributed by atoms with Crippen molar-refractivity contribution in [3.63, 3.8) is 0 Å². The molecule has 2 rings (SSSR count). The van der Waals surface area contributed by atoms with Crippen LogP contribution in [-0.2, 0) is 11.3 Å². The van der Waals surface area contributed by atoms with Gasteiger partial charge in [0.25, 0.3) is 0 Å². The Morgan fingerprint density at radius 1 is 1.29 bits per heavy atom. The van der Waals surface area contributed by atoms with Crippen LogP contribution >= 0.6 is 27.3 Å². The molecule has 0 aliphatic carbocycles. The summed E-state index contributed by atoms with van der Waals surface area (Å²) in [6.07, 6.45) is -0.497. The van der Waals surface area contributed by atoms with E-state index in [2.05, 4.69) is 40.3 Å². The minimum atomic E-state index is -0.497. The van der Waals surface area contributed by atoms with Crippen LogP contribution in [0.5, 0.6) is 0 Å². The third-order valence-corrected chi connectivity index (χ3v) is 4.54. The topological polar surface area (TPSA) is 41.5 Å². The zero-order valence-corrected chi connectivity index (χ0v) is 14.4. The number of aliphatic hydroxyl groups excluding tert-OH is 1. The van der Waals surface area contributed by atoms with Crippen molar-refractivity contribution in [1.29, 1.82) is 0 Å². The fraction of sp³-hybridized carbons (Fsp3) is 0.375. The van der Waals surface area contributed by atoms with Crippen molar-refractivity contribution >= 4 is 27.3 Å². The number of aliphatic hydroxyl groups is 1. The first kappa shape index (κ1) is 16.6. The number of nitrogens with one attached hydrogen (secondary N) is 1. The number of thiophene rings is 1. The second-order valence-electron chi connectivity index (χ2n) is 4.93. The first-order chi connectivity index (χ1) is 10.1. The van der Waals surface area contributed by atoms with Crippen LogP contribution in [0.25, 0.3) is 0 Å². The molecule has 0 saturated heterocycles. The van der Waals surface area contributed by atoms with E-state index in [1.807, 2.05) is 29.6 Å². The van der Waals surface area contributed by atoms with E-state index in [9.17, 15) is 5.11 Å². The lowest BCUT2D eigenvalue weighted by molar-refractivity contribution is 0.0288. The molecule has 2 N–H and O–H groups in total. The molecule has 0 saturated carbocycles. The van der Waals surface area contributed by atoms with Crippen molar-refractivity contribution in [2.24, 2.45) is 0 Å². The number of hydrogen-bond donors (Lipinski definition) is 2. The van der Waals surface area contributed by atoms with Crippen LogP contribution in [0, 0.1) is 0 Å². The zero-order valence-electron chi connectivity index (χ0n) is 12.0. The molecular formula is C16H20BrNO2S. The standard InChI is InChI=1S/C16H20BrNO2S/c1-12(13-4-6-14(17)7-5-13)18-9-15(19)10-20-11-16-3-2-8-21-16/h2-8,12,15,18-19H,9-11H2,1H3. The van der Waals surface area contributed by atoms with E-state index in [-0.39, 0.29) is 6.04 Å². The summed E-state index contributed by atoms with van der Waals surface area (Å²) < 4.78 is 6.58. The number of hydrogen-bond acceptors (Lipinski definition) is 4. The van der Waals surface area contributed by atoms with Crippen molar-refractivity contribution in [2.45, 2.75) is 25.7 Å². The SMILES string of the molecule is CC(NCC(O)COCc1cccs1)c1ccc(Br)cc1. The van der Waals surface area contributed by atoms with Gasteiger partial charge in [-0.1, -0.05) is 34.1 Å². The number of halogens is 1. The number of ether oxygens (including phenoxy) is 1. The molecule has 21 heavy (non-hydrogen) atoms. The fourth-order valence-corrected chi connectivity index (χ4v) is 2.84. The zero-order chi connectivity index (χ0) is 15.1. The second kappa shape index (κ2) is 8.66. The lowest BCUT2D eigenvalue weighted by Gasteiger charge is -2.17. The maximum Gasteiger partial charge on any atom is 0.0898 e. The molecule has 1 aromatic carbocycles. The summed E-state index contributed by atoms with van der Waals surface area (Å²) in [5.74, 6) is 0. The molecule has 0 spiro atoms. The van der Waals surface area contributed by atoms with Crippen LogP contribution in [0.1, 0.15) is 23.4 Å². The average Bonchev–Trinajstić information content (AvgIpc) is 2.99. The van der Waals surface area contributed by atoms with Gasteiger partial charge in [0.15, 0.2) is 0 Å². The van der Waals surface area contributed by atoms with Gasteiger partial charge in [0.2, 0.25) is 0 Å². The van der Waals surface area contributed by atoms with Gasteiger partial charge in [0.1, 0.15) is 0 Å². The lowest BCUT2D eigenvalue weighted by atomic mass is 10.1. The molecule has 0 amide bonds. The molecule has 1 aromatic heterocycles. The van der Waals surface area contributed by atoms with E-state index in [1.54, 1.807) is 11.3 Å². The lowest BCUT2D eigenvalue weighted by Crippen LogP contribution is -2.32. The highest BCUT2D eigenvalue weighted by atomic mass is 79.9. The Kier molecular flexibility index (Phi) is 6.86. The highest BCUT2D eigenvalue weighted by Crippen LogP contribution is 2.16. The van der Waals surface area contributed by atoms with Gasteiger partial charge in [0.05, 0.1) is 19.3 Å². The van der Waals surface area contributed by atoms with Crippen molar-refractivity contribution in [2.75, 3.05) is 13.2 Å². The van der Waals surface area contributed by atoms with E-state index in [4.69, 9.17) is 4.74 Å². The summed E-state index contributed by atoms with van der Waals surface area (Å²) in [6.45, 7) is 3.51. The Morgan fingerprint density at radius 2 is 2.05 bits per heavy atom. The normalized spacial score (nSPS) is 14.0. The van der Waals surface area contributed by atoms with Crippen LogP contribution in [0.4, 0.5) is 0 Å². The van der Waals surface area contributed by atoms with Gasteiger partial charge < -0.3 is 15.2 Å². The summed E-state index contributed by atoms with van der Waals surface area (Å²) in [5.41, 5.74) is 1.20.